The van der Waals surface area contributed by atoms with E-state index in [0.717, 1.165) is 17.5 Å². The monoisotopic (exact) mass is 268 g/mol. The summed E-state index contributed by atoms with van der Waals surface area (Å²) in [5.74, 6) is -0.916. The largest absolute Gasteiger partial charge is 0.419 e. The van der Waals surface area contributed by atoms with Crippen LogP contribution in [0.1, 0.15) is 0 Å². The molecule has 100 valence electrons. The third-order valence-corrected chi connectivity index (χ3v) is 2.59. The van der Waals surface area contributed by atoms with E-state index < -0.39 is 11.9 Å². The molecule has 0 heterocycles. The van der Waals surface area contributed by atoms with Crippen LogP contribution >= 0.6 is 0 Å². The molecule has 0 aromatic heterocycles. The number of hydrogen-bond acceptors (Lipinski definition) is 4. The molecule has 0 spiro atoms. The lowest BCUT2D eigenvalue weighted by atomic mass is 10.1. The Labute approximate surface area is 115 Å². The van der Waals surface area contributed by atoms with Crippen LogP contribution in [0, 0.1) is 0 Å². The molecule has 0 fully saturated rings. The van der Waals surface area contributed by atoms with Crippen molar-refractivity contribution in [2.45, 2.75) is 0 Å². The Balaban J connectivity index is 2.57. The molecular formula is C16H12O4. The van der Waals surface area contributed by atoms with Crippen molar-refractivity contribution in [1.82, 2.24) is 0 Å². The molecule has 4 nitrogen and oxygen atoms in total. The minimum atomic E-state index is -0.629. The van der Waals surface area contributed by atoms with Crippen molar-refractivity contribution in [2.75, 3.05) is 0 Å². The normalized spacial score (nSPS) is 9.80. The van der Waals surface area contributed by atoms with Gasteiger partial charge in [-0.1, -0.05) is 43.5 Å². The summed E-state index contributed by atoms with van der Waals surface area (Å²) in [7, 11) is 0. The van der Waals surface area contributed by atoms with Crippen molar-refractivity contribution >= 4 is 22.7 Å². The van der Waals surface area contributed by atoms with Gasteiger partial charge in [0.15, 0.2) is 11.5 Å². The number of rotatable bonds is 4. The van der Waals surface area contributed by atoms with Crippen LogP contribution in [0.15, 0.2) is 61.7 Å². The maximum absolute atomic E-state index is 11.4. The van der Waals surface area contributed by atoms with Crippen LogP contribution in [0.4, 0.5) is 0 Å². The third kappa shape index (κ3) is 2.75. The first kappa shape index (κ1) is 13.5. The van der Waals surface area contributed by atoms with Gasteiger partial charge in [0.05, 0.1) is 0 Å². The SMILES string of the molecule is C=CC(=O)Oc1ccc2ccccc2c1OC(=O)C=C. The minimum Gasteiger partial charge on any atom is -0.419 e. The maximum atomic E-state index is 11.4. The van der Waals surface area contributed by atoms with Gasteiger partial charge in [0.25, 0.3) is 0 Å². The predicted octanol–water partition coefficient (Wildman–Crippen LogP) is 3.02. The molecule has 0 saturated carbocycles. The lowest BCUT2D eigenvalue weighted by molar-refractivity contribution is -0.131. The molecule has 0 amide bonds. The van der Waals surface area contributed by atoms with Gasteiger partial charge >= 0.3 is 11.9 Å². The fraction of sp³-hybridized carbons (Fsp3) is 0. The summed E-state index contributed by atoms with van der Waals surface area (Å²) >= 11 is 0. The Hall–Kier alpha value is -2.88. The summed E-state index contributed by atoms with van der Waals surface area (Å²) in [6, 6.07) is 10.6. The van der Waals surface area contributed by atoms with Crippen LogP contribution in [0.3, 0.4) is 0 Å². The Kier molecular flexibility index (Phi) is 3.96. The van der Waals surface area contributed by atoms with E-state index in [1.165, 1.54) is 0 Å². The molecule has 0 radical (unpaired) electrons. The first-order valence-corrected chi connectivity index (χ1v) is 5.86. The first-order valence-electron chi connectivity index (χ1n) is 5.86. The van der Waals surface area contributed by atoms with Crippen molar-refractivity contribution in [2.24, 2.45) is 0 Å². The predicted molar refractivity (Wildman–Crippen MR) is 75.6 cm³/mol. The third-order valence-electron chi connectivity index (χ3n) is 2.59. The van der Waals surface area contributed by atoms with Gasteiger partial charge in [-0.05, 0) is 11.5 Å². The summed E-state index contributed by atoms with van der Waals surface area (Å²) in [5, 5.41) is 1.52. The van der Waals surface area contributed by atoms with E-state index in [9.17, 15) is 9.59 Å². The zero-order chi connectivity index (χ0) is 14.5. The van der Waals surface area contributed by atoms with Crippen LogP contribution < -0.4 is 9.47 Å². The topological polar surface area (TPSA) is 52.6 Å². The van der Waals surface area contributed by atoms with Gasteiger partial charge in [0.1, 0.15) is 0 Å². The zero-order valence-corrected chi connectivity index (χ0v) is 10.7. The molecule has 0 bridgehead atoms. The fourth-order valence-electron chi connectivity index (χ4n) is 1.70. The van der Waals surface area contributed by atoms with E-state index in [0.29, 0.717) is 5.39 Å². The maximum Gasteiger partial charge on any atom is 0.335 e. The number of carbonyl (C=O) groups excluding carboxylic acids is 2. The fourth-order valence-corrected chi connectivity index (χ4v) is 1.70. The highest BCUT2D eigenvalue weighted by atomic mass is 16.6. The Morgan fingerprint density at radius 2 is 1.55 bits per heavy atom. The number of benzene rings is 2. The molecule has 0 N–H and O–H groups in total. The highest BCUT2D eigenvalue weighted by molar-refractivity contribution is 5.95. The summed E-state index contributed by atoms with van der Waals surface area (Å²) in [6.45, 7) is 6.67. The van der Waals surface area contributed by atoms with Crippen molar-refractivity contribution in [3.05, 3.63) is 61.7 Å². The summed E-state index contributed by atoms with van der Waals surface area (Å²) in [4.78, 5) is 22.8. The van der Waals surface area contributed by atoms with Crippen molar-refractivity contribution in [3.63, 3.8) is 0 Å². The van der Waals surface area contributed by atoms with Crippen LogP contribution in [-0.2, 0) is 9.59 Å². The smallest absolute Gasteiger partial charge is 0.335 e. The van der Waals surface area contributed by atoms with Crippen molar-refractivity contribution < 1.29 is 19.1 Å². The second kappa shape index (κ2) is 5.84. The summed E-state index contributed by atoms with van der Waals surface area (Å²) in [5.41, 5.74) is 0. The molecule has 0 saturated heterocycles. The standard InChI is InChI=1S/C16H12O4/c1-3-14(17)19-13-10-9-11-7-5-6-8-12(11)16(13)20-15(18)4-2/h3-10H,1-2H2. The Morgan fingerprint density at radius 1 is 0.900 bits per heavy atom. The number of fused-ring (bicyclic) bond motifs is 1. The second-order valence-corrected chi connectivity index (χ2v) is 3.86. The second-order valence-electron chi connectivity index (χ2n) is 3.86. The van der Waals surface area contributed by atoms with E-state index in [2.05, 4.69) is 13.2 Å². The molecule has 0 aliphatic carbocycles. The van der Waals surface area contributed by atoms with E-state index >= 15 is 0 Å². The molecule has 20 heavy (non-hydrogen) atoms. The van der Waals surface area contributed by atoms with Gasteiger partial charge in [0, 0.05) is 17.5 Å². The van der Waals surface area contributed by atoms with Gasteiger partial charge in [-0.15, -0.1) is 0 Å². The summed E-state index contributed by atoms with van der Waals surface area (Å²) in [6.07, 6.45) is 2.08. The highest BCUT2D eigenvalue weighted by Gasteiger charge is 2.14. The highest BCUT2D eigenvalue weighted by Crippen LogP contribution is 2.36. The molecular weight excluding hydrogens is 256 g/mol. The summed E-state index contributed by atoms with van der Waals surface area (Å²) < 4.78 is 10.3. The van der Waals surface area contributed by atoms with Gasteiger partial charge in [0.2, 0.25) is 0 Å². The van der Waals surface area contributed by atoms with Crippen LogP contribution in [0.2, 0.25) is 0 Å². The Morgan fingerprint density at radius 3 is 2.25 bits per heavy atom. The zero-order valence-electron chi connectivity index (χ0n) is 10.7. The van der Waals surface area contributed by atoms with Crippen LogP contribution in [-0.4, -0.2) is 11.9 Å². The van der Waals surface area contributed by atoms with Gasteiger partial charge < -0.3 is 9.47 Å². The van der Waals surface area contributed by atoms with Crippen molar-refractivity contribution in [1.29, 1.82) is 0 Å². The molecule has 2 aromatic carbocycles. The minimum absolute atomic E-state index is 0.156. The van der Waals surface area contributed by atoms with Crippen LogP contribution in [0.25, 0.3) is 10.8 Å². The first-order chi connectivity index (χ1) is 9.65. The molecule has 0 aliphatic heterocycles. The molecule has 0 atom stereocenters. The average molecular weight is 268 g/mol. The average Bonchev–Trinajstić information content (AvgIpc) is 2.49. The quantitative estimate of drug-likeness (QED) is 0.486. The van der Waals surface area contributed by atoms with E-state index in [1.54, 1.807) is 24.3 Å². The molecule has 0 unspecified atom stereocenters. The lowest BCUT2D eigenvalue weighted by Crippen LogP contribution is -2.08. The Bertz CT molecular complexity index is 701. The van der Waals surface area contributed by atoms with Crippen molar-refractivity contribution in [3.8, 4) is 11.5 Å². The number of carbonyl (C=O) groups is 2. The lowest BCUT2D eigenvalue weighted by Gasteiger charge is -2.11. The van der Waals surface area contributed by atoms with Gasteiger partial charge in [-0.3, -0.25) is 0 Å². The molecule has 2 rings (SSSR count). The van der Waals surface area contributed by atoms with E-state index in [-0.39, 0.29) is 11.5 Å². The molecule has 0 aliphatic rings. The molecule has 4 heteroatoms. The number of hydrogen-bond donors (Lipinski definition) is 0. The number of ether oxygens (including phenoxy) is 2. The van der Waals surface area contributed by atoms with Crippen LogP contribution in [0.5, 0.6) is 11.5 Å². The van der Waals surface area contributed by atoms with Gasteiger partial charge in [-0.25, -0.2) is 9.59 Å². The van der Waals surface area contributed by atoms with Gasteiger partial charge in [-0.2, -0.15) is 0 Å². The number of esters is 2. The van der Waals surface area contributed by atoms with E-state index in [4.69, 9.17) is 9.47 Å². The van der Waals surface area contributed by atoms with E-state index in [1.807, 2.05) is 12.1 Å². The molecule has 2 aromatic rings.